The maximum Gasteiger partial charge on any atom is 0.242 e. The summed E-state index contributed by atoms with van der Waals surface area (Å²) in [4.78, 5) is 27.6. The second-order valence-corrected chi connectivity index (χ2v) is 7.81. The van der Waals surface area contributed by atoms with E-state index in [-0.39, 0.29) is 17.9 Å². The maximum absolute atomic E-state index is 13.4. The molecule has 4 rings (SSSR count). The van der Waals surface area contributed by atoms with Gasteiger partial charge in [0.15, 0.2) is 0 Å². The van der Waals surface area contributed by atoms with Crippen molar-refractivity contribution < 1.29 is 9.59 Å². The number of nitrogens with one attached hydrogen (secondary N) is 1. The fraction of sp³-hybridized carbons (Fsp3) is 0.273. The first-order valence-corrected chi connectivity index (χ1v) is 10.3. The van der Waals surface area contributed by atoms with Crippen LogP contribution in [0.3, 0.4) is 0 Å². The zero-order valence-electron chi connectivity index (χ0n) is 15.7. The second kappa shape index (κ2) is 8.02. The van der Waals surface area contributed by atoms with E-state index in [1.54, 1.807) is 23.3 Å². The number of carbonyl (C=O) groups is 2. The van der Waals surface area contributed by atoms with E-state index in [1.165, 1.54) is 0 Å². The van der Waals surface area contributed by atoms with Gasteiger partial charge in [-0.3, -0.25) is 9.59 Å². The van der Waals surface area contributed by atoms with E-state index in [0.29, 0.717) is 19.4 Å². The Morgan fingerprint density at radius 3 is 2.57 bits per heavy atom. The number of nitrogens with zero attached hydrogens (tertiary/aromatic N) is 2. The average Bonchev–Trinajstić information content (AvgIpc) is 3.44. The van der Waals surface area contributed by atoms with Crippen LogP contribution < -0.4 is 5.32 Å². The van der Waals surface area contributed by atoms with Crippen molar-refractivity contribution in [2.45, 2.75) is 31.5 Å². The van der Waals surface area contributed by atoms with Crippen LogP contribution in [-0.2, 0) is 22.6 Å². The molecule has 2 aromatic heterocycles. The summed E-state index contributed by atoms with van der Waals surface area (Å²) in [7, 11) is 1.62. The molecule has 1 aliphatic rings. The molecule has 1 N–H and O–H groups in total. The van der Waals surface area contributed by atoms with E-state index in [4.69, 9.17) is 0 Å². The molecular weight excluding hydrogens is 370 g/mol. The molecule has 2 amide bonds. The van der Waals surface area contributed by atoms with Gasteiger partial charge in [-0.2, -0.15) is 11.3 Å². The largest absolute Gasteiger partial charge is 0.357 e. The van der Waals surface area contributed by atoms with Crippen LogP contribution in [-0.4, -0.2) is 34.4 Å². The van der Waals surface area contributed by atoms with Crippen LogP contribution in [0.2, 0.25) is 0 Å². The van der Waals surface area contributed by atoms with Crippen molar-refractivity contribution in [3.05, 3.63) is 82.3 Å². The first-order valence-electron chi connectivity index (χ1n) is 9.39. The fourth-order valence-corrected chi connectivity index (χ4v) is 4.59. The maximum atomic E-state index is 13.4. The number of benzene rings is 1. The van der Waals surface area contributed by atoms with E-state index in [9.17, 15) is 9.59 Å². The number of rotatable bonds is 5. The van der Waals surface area contributed by atoms with Crippen LogP contribution >= 0.6 is 11.3 Å². The lowest BCUT2D eigenvalue weighted by atomic mass is 9.92. The average molecular weight is 394 g/mol. The molecule has 2 atom stereocenters. The topological polar surface area (TPSA) is 54.3 Å². The van der Waals surface area contributed by atoms with Crippen LogP contribution in [0.25, 0.3) is 0 Å². The summed E-state index contributed by atoms with van der Waals surface area (Å²) in [5.74, 6) is -0.121. The third kappa shape index (κ3) is 3.60. The standard InChI is InChI=1S/C22H23N3O2S/c1-23-22(27)20-12-16-6-2-3-7-17(16)14-25(20)21(26)13-19(18-8-11-28-15-18)24-9-4-5-10-24/h2-11,15,19-20H,12-14H2,1H3,(H,23,27)/t19?,20-/m0/s1. The number of fused-ring (bicyclic) bond motifs is 1. The predicted octanol–water partition coefficient (Wildman–Crippen LogP) is 3.23. The van der Waals surface area contributed by atoms with Gasteiger partial charge in [-0.1, -0.05) is 24.3 Å². The summed E-state index contributed by atoms with van der Waals surface area (Å²) in [5.41, 5.74) is 3.37. The quantitative estimate of drug-likeness (QED) is 0.724. The number of thiophene rings is 1. The number of hydrogen-bond acceptors (Lipinski definition) is 3. The van der Waals surface area contributed by atoms with E-state index in [0.717, 1.165) is 16.7 Å². The van der Waals surface area contributed by atoms with Gasteiger partial charge in [0.25, 0.3) is 0 Å². The highest BCUT2D eigenvalue weighted by atomic mass is 32.1. The van der Waals surface area contributed by atoms with E-state index in [1.807, 2.05) is 54.2 Å². The molecule has 0 radical (unpaired) electrons. The van der Waals surface area contributed by atoms with Crippen molar-refractivity contribution in [2.24, 2.45) is 0 Å². The first kappa shape index (κ1) is 18.5. The second-order valence-electron chi connectivity index (χ2n) is 7.03. The Hall–Kier alpha value is -2.86. The van der Waals surface area contributed by atoms with E-state index < -0.39 is 6.04 Å². The number of amides is 2. The molecule has 144 valence electrons. The van der Waals surface area contributed by atoms with Gasteiger partial charge in [0, 0.05) is 32.4 Å². The lowest BCUT2D eigenvalue weighted by Gasteiger charge is -2.36. The first-order chi connectivity index (χ1) is 13.7. The molecule has 0 fully saturated rings. The molecule has 0 spiro atoms. The van der Waals surface area contributed by atoms with Gasteiger partial charge in [-0.15, -0.1) is 0 Å². The smallest absolute Gasteiger partial charge is 0.242 e. The summed E-state index contributed by atoms with van der Waals surface area (Å²) >= 11 is 1.63. The minimum atomic E-state index is -0.472. The minimum absolute atomic E-state index is 0.00648. The summed E-state index contributed by atoms with van der Waals surface area (Å²) < 4.78 is 2.06. The van der Waals surface area contributed by atoms with Crippen molar-refractivity contribution in [1.29, 1.82) is 0 Å². The van der Waals surface area contributed by atoms with Gasteiger partial charge in [0.05, 0.1) is 12.5 Å². The summed E-state index contributed by atoms with van der Waals surface area (Å²) in [5, 5.41) is 6.83. The fourth-order valence-electron chi connectivity index (χ4n) is 3.88. The van der Waals surface area contributed by atoms with Gasteiger partial charge in [0.1, 0.15) is 6.04 Å². The lowest BCUT2D eigenvalue weighted by molar-refractivity contribution is -0.142. The number of likely N-dealkylation sites (N-methyl/N-ethyl adjacent to an activating group) is 1. The predicted molar refractivity (Wildman–Crippen MR) is 110 cm³/mol. The highest BCUT2D eigenvalue weighted by Crippen LogP contribution is 2.29. The molecule has 28 heavy (non-hydrogen) atoms. The van der Waals surface area contributed by atoms with Crippen molar-refractivity contribution in [1.82, 2.24) is 14.8 Å². The lowest BCUT2D eigenvalue weighted by Crippen LogP contribution is -2.52. The molecule has 0 saturated heterocycles. The zero-order chi connectivity index (χ0) is 19.5. The van der Waals surface area contributed by atoms with E-state index >= 15 is 0 Å². The third-order valence-corrected chi connectivity index (χ3v) is 6.10. The highest BCUT2D eigenvalue weighted by molar-refractivity contribution is 7.08. The van der Waals surface area contributed by atoms with Crippen LogP contribution in [0.5, 0.6) is 0 Å². The zero-order valence-corrected chi connectivity index (χ0v) is 16.6. The molecule has 3 heterocycles. The summed E-state index contributed by atoms with van der Waals surface area (Å²) in [6, 6.07) is 13.5. The number of hydrogen-bond donors (Lipinski definition) is 1. The Labute approximate surface area is 168 Å². The van der Waals surface area contributed by atoms with Crippen molar-refractivity contribution in [3.8, 4) is 0 Å². The van der Waals surface area contributed by atoms with Gasteiger partial charge in [-0.05, 0) is 45.6 Å². The Balaban J connectivity index is 1.62. The van der Waals surface area contributed by atoms with Crippen LogP contribution in [0.15, 0.2) is 65.6 Å². The monoisotopic (exact) mass is 393 g/mol. The van der Waals surface area contributed by atoms with Gasteiger partial charge in [-0.25, -0.2) is 0 Å². The highest BCUT2D eigenvalue weighted by Gasteiger charge is 2.35. The molecule has 5 nitrogen and oxygen atoms in total. The molecule has 6 heteroatoms. The van der Waals surface area contributed by atoms with Crippen LogP contribution in [0.1, 0.15) is 29.2 Å². The third-order valence-electron chi connectivity index (χ3n) is 5.40. The Morgan fingerprint density at radius 1 is 1.14 bits per heavy atom. The molecule has 1 unspecified atom stereocenters. The molecule has 0 aliphatic carbocycles. The Kier molecular flexibility index (Phi) is 5.30. The molecule has 0 bridgehead atoms. The number of carbonyl (C=O) groups excluding carboxylic acids is 2. The van der Waals surface area contributed by atoms with Crippen LogP contribution in [0.4, 0.5) is 0 Å². The summed E-state index contributed by atoms with van der Waals surface area (Å²) in [6.07, 6.45) is 4.84. The van der Waals surface area contributed by atoms with Gasteiger partial charge >= 0.3 is 0 Å². The SMILES string of the molecule is CNC(=O)[C@@H]1Cc2ccccc2CN1C(=O)CC(c1ccsc1)n1cccc1. The molecule has 3 aromatic rings. The molecule has 1 aliphatic heterocycles. The van der Waals surface area contributed by atoms with Gasteiger partial charge in [0.2, 0.25) is 11.8 Å². The number of aromatic nitrogens is 1. The molecule has 0 saturated carbocycles. The van der Waals surface area contributed by atoms with Gasteiger partial charge < -0.3 is 14.8 Å². The summed E-state index contributed by atoms with van der Waals surface area (Å²) in [6.45, 7) is 0.467. The Morgan fingerprint density at radius 2 is 1.89 bits per heavy atom. The molecular formula is C22H23N3O2S. The van der Waals surface area contributed by atoms with Crippen molar-refractivity contribution in [2.75, 3.05) is 7.05 Å². The molecule has 1 aromatic carbocycles. The van der Waals surface area contributed by atoms with Crippen molar-refractivity contribution in [3.63, 3.8) is 0 Å². The normalized spacial score (nSPS) is 17.0. The van der Waals surface area contributed by atoms with Crippen molar-refractivity contribution >= 4 is 23.2 Å². The van der Waals surface area contributed by atoms with Crippen LogP contribution in [0, 0.1) is 0 Å². The van der Waals surface area contributed by atoms with E-state index in [2.05, 4.69) is 21.3 Å². The Bertz CT molecular complexity index is 916. The minimum Gasteiger partial charge on any atom is -0.357 e.